The first-order valence-corrected chi connectivity index (χ1v) is 11.2. The van der Waals surface area contributed by atoms with Gasteiger partial charge in [-0.15, -0.1) is 0 Å². The molecule has 0 aliphatic carbocycles. The lowest BCUT2D eigenvalue weighted by molar-refractivity contribution is -0.127. The van der Waals surface area contributed by atoms with E-state index in [1.807, 2.05) is 37.2 Å². The quantitative estimate of drug-likeness (QED) is 0.536. The van der Waals surface area contributed by atoms with Crippen molar-refractivity contribution in [1.29, 1.82) is 0 Å². The van der Waals surface area contributed by atoms with Gasteiger partial charge in [-0.25, -0.2) is 0 Å². The van der Waals surface area contributed by atoms with Gasteiger partial charge in [0.25, 0.3) is 0 Å². The Bertz CT molecular complexity index is 982. The molecule has 0 unspecified atom stereocenters. The third-order valence-electron chi connectivity index (χ3n) is 6.05. The fourth-order valence-electron chi connectivity index (χ4n) is 4.24. The highest BCUT2D eigenvalue weighted by atomic mass is 16.2. The Balaban J connectivity index is 1.40. The molecule has 3 aromatic rings. The van der Waals surface area contributed by atoms with Crippen LogP contribution >= 0.6 is 0 Å². The second-order valence-corrected chi connectivity index (χ2v) is 8.40. The molecule has 0 N–H and O–H groups in total. The predicted octanol–water partition coefficient (Wildman–Crippen LogP) is 4.70. The Morgan fingerprint density at radius 1 is 0.781 bits per heavy atom. The molecule has 1 aliphatic rings. The van der Waals surface area contributed by atoms with Gasteiger partial charge in [0.15, 0.2) is 0 Å². The minimum atomic E-state index is 0.0808. The number of hydrogen-bond donors (Lipinski definition) is 0. The Morgan fingerprint density at radius 2 is 1.31 bits per heavy atom. The van der Waals surface area contributed by atoms with Gasteiger partial charge in [-0.05, 0) is 34.9 Å². The molecule has 1 amide bonds. The van der Waals surface area contributed by atoms with Gasteiger partial charge in [0.2, 0.25) is 5.91 Å². The minimum absolute atomic E-state index is 0.0808. The number of nitrogens with zero attached hydrogens (tertiary/aromatic N) is 3. The van der Waals surface area contributed by atoms with Crippen LogP contribution in [0.5, 0.6) is 0 Å². The lowest BCUT2D eigenvalue weighted by Gasteiger charge is -2.39. The number of hydrogen-bond acceptors (Lipinski definition) is 3. The van der Waals surface area contributed by atoms with E-state index in [4.69, 9.17) is 0 Å². The van der Waals surface area contributed by atoms with Crippen LogP contribution in [0.15, 0.2) is 91.0 Å². The van der Waals surface area contributed by atoms with Crippen molar-refractivity contribution < 1.29 is 4.79 Å². The Morgan fingerprint density at radius 3 is 1.81 bits per heavy atom. The highest BCUT2D eigenvalue weighted by Gasteiger charge is 2.27. The number of amides is 1. The summed E-state index contributed by atoms with van der Waals surface area (Å²) < 4.78 is 0. The maximum atomic E-state index is 12.8. The van der Waals surface area contributed by atoms with Crippen LogP contribution < -0.4 is 4.90 Å². The van der Waals surface area contributed by atoms with Crippen molar-refractivity contribution in [2.45, 2.75) is 6.04 Å². The average Bonchev–Trinajstić information content (AvgIpc) is 2.85. The van der Waals surface area contributed by atoms with Crippen LogP contribution in [-0.4, -0.2) is 56.0 Å². The topological polar surface area (TPSA) is 26.8 Å². The number of piperazine rings is 1. The van der Waals surface area contributed by atoms with Gasteiger partial charge in [0.05, 0.1) is 6.04 Å². The summed E-state index contributed by atoms with van der Waals surface area (Å²) in [5, 5.41) is 0. The summed E-state index contributed by atoms with van der Waals surface area (Å²) in [4.78, 5) is 19.3. The molecule has 1 saturated heterocycles. The molecule has 0 radical (unpaired) electrons. The maximum absolute atomic E-state index is 12.8. The Labute approximate surface area is 191 Å². The zero-order valence-corrected chi connectivity index (χ0v) is 18.9. The third-order valence-corrected chi connectivity index (χ3v) is 6.05. The molecular weight excluding hydrogens is 394 g/mol. The maximum Gasteiger partial charge on any atom is 0.246 e. The van der Waals surface area contributed by atoms with Gasteiger partial charge in [-0.1, -0.05) is 72.8 Å². The molecule has 32 heavy (non-hydrogen) atoms. The van der Waals surface area contributed by atoms with E-state index in [0.29, 0.717) is 0 Å². The van der Waals surface area contributed by atoms with E-state index in [-0.39, 0.29) is 11.9 Å². The molecule has 0 saturated carbocycles. The number of anilines is 1. The van der Waals surface area contributed by atoms with Crippen LogP contribution in [0.1, 0.15) is 22.7 Å². The van der Waals surface area contributed by atoms with Crippen LogP contribution in [0.2, 0.25) is 0 Å². The van der Waals surface area contributed by atoms with Crippen molar-refractivity contribution in [2.75, 3.05) is 45.2 Å². The molecule has 1 fully saturated rings. The molecule has 4 heteroatoms. The zero-order chi connectivity index (χ0) is 22.3. The van der Waals surface area contributed by atoms with E-state index in [9.17, 15) is 4.79 Å². The minimum Gasteiger partial charge on any atom is -0.378 e. The number of carbonyl (C=O) groups excluding carboxylic acids is 1. The van der Waals surface area contributed by atoms with Crippen LogP contribution in [0.4, 0.5) is 5.69 Å². The van der Waals surface area contributed by atoms with Crippen molar-refractivity contribution in [2.24, 2.45) is 0 Å². The molecule has 164 valence electrons. The SMILES string of the molecule is CN(C)c1ccc(/C=C/C(=O)N2CCN(C(c3ccccc3)c3ccccc3)CC2)cc1. The van der Waals surface area contributed by atoms with Crippen molar-refractivity contribution in [3.63, 3.8) is 0 Å². The van der Waals surface area contributed by atoms with Gasteiger partial charge >= 0.3 is 0 Å². The summed E-state index contributed by atoms with van der Waals surface area (Å²) in [5.41, 5.74) is 4.77. The summed E-state index contributed by atoms with van der Waals surface area (Å²) in [5.74, 6) is 0.0808. The van der Waals surface area contributed by atoms with E-state index in [1.54, 1.807) is 6.08 Å². The summed E-state index contributed by atoms with van der Waals surface area (Å²) >= 11 is 0. The molecule has 0 spiro atoms. The van der Waals surface area contributed by atoms with Gasteiger partial charge < -0.3 is 9.80 Å². The standard InChI is InChI=1S/C28H31N3O/c1-29(2)26-16-13-23(14-17-26)15-18-27(32)30-19-21-31(22-20-30)28(24-9-5-3-6-10-24)25-11-7-4-8-12-25/h3-18,28H,19-22H2,1-2H3/b18-15+. The summed E-state index contributed by atoms with van der Waals surface area (Å²) in [6, 6.07) is 29.7. The summed E-state index contributed by atoms with van der Waals surface area (Å²) in [7, 11) is 4.04. The average molecular weight is 426 g/mol. The molecule has 1 heterocycles. The van der Waals surface area contributed by atoms with Crippen LogP contribution in [0.3, 0.4) is 0 Å². The van der Waals surface area contributed by atoms with Crippen molar-refractivity contribution >= 4 is 17.7 Å². The van der Waals surface area contributed by atoms with E-state index in [2.05, 4.69) is 82.6 Å². The predicted molar refractivity (Wildman–Crippen MR) is 133 cm³/mol. The van der Waals surface area contributed by atoms with Crippen LogP contribution in [0, 0.1) is 0 Å². The van der Waals surface area contributed by atoms with E-state index >= 15 is 0 Å². The van der Waals surface area contributed by atoms with Crippen molar-refractivity contribution in [1.82, 2.24) is 9.80 Å². The van der Waals surface area contributed by atoms with Gasteiger partial charge in [-0.3, -0.25) is 9.69 Å². The summed E-state index contributed by atoms with van der Waals surface area (Å²) in [6.07, 6.45) is 3.61. The third kappa shape index (κ3) is 5.27. The monoisotopic (exact) mass is 425 g/mol. The molecule has 0 bridgehead atoms. The molecule has 3 aromatic carbocycles. The lowest BCUT2D eigenvalue weighted by Crippen LogP contribution is -2.49. The smallest absolute Gasteiger partial charge is 0.246 e. The lowest BCUT2D eigenvalue weighted by atomic mass is 9.96. The first-order valence-electron chi connectivity index (χ1n) is 11.2. The fourth-order valence-corrected chi connectivity index (χ4v) is 4.24. The molecular formula is C28H31N3O. The number of carbonyl (C=O) groups is 1. The normalized spacial score (nSPS) is 14.8. The van der Waals surface area contributed by atoms with Crippen molar-refractivity contribution in [3.8, 4) is 0 Å². The molecule has 0 atom stereocenters. The van der Waals surface area contributed by atoms with Crippen LogP contribution in [0.25, 0.3) is 6.08 Å². The number of rotatable bonds is 6. The van der Waals surface area contributed by atoms with E-state index in [1.165, 1.54) is 11.1 Å². The Hall–Kier alpha value is -3.37. The number of benzene rings is 3. The van der Waals surface area contributed by atoms with Gasteiger partial charge in [0.1, 0.15) is 0 Å². The second-order valence-electron chi connectivity index (χ2n) is 8.40. The van der Waals surface area contributed by atoms with Crippen molar-refractivity contribution in [3.05, 3.63) is 108 Å². The molecule has 1 aliphatic heterocycles. The summed E-state index contributed by atoms with van der Waals surface area (Å²) in [6.45, 7) is 3.18. The van der Waals surface area contributed by atoms with E-state index < -0.39 is 0 Å². The Kier molecular flexibility index (Phi) is 7.03. The zero-order valence-electron chi connectivity index (χ0n) is 18.9. The fraction of sp³-hybridized carbons (Fsp3) is 0.250. The first-order chi connectivity index (χ1) is 15.6. The van der Waals surface area contributed by atoms with Gasteiger partial charge in [-0.2, -0.15) is 0 Å². The van der Waals surface area contributed by atoms with Gasteiger partial charge in [0, 0.05) is 52.0 Å². The molecule has 4 nitrogen and oxygen atoms in total. The highest BCUT2D eigenvalue weighted by molar-refractivity contribution is 5.91. The first kappa shape index (κ1) is 21.8. The highest BCUT2D eigenvalue weighted by Crippen LogP contribution is 2.29. The van der Waals surface area contributed by atoms with E-state index in [0.717, 1.165) is 37.4 Å². The largest absolute Gasteiger partial charge is 0.378 e. The second kappa shape index (κ2) is 10.3. The molecule has 0 aromatic heterocycles. The van der Waals surface area contributed by atoms with Crippen LogP contribution in [-0.2, 0) is 4.79 Å². The molecule has 4 rings (SSSR count).